The predicted molar refractivity (Wildman–Crippen MR) is 88.9 cm³/mol. The summed E-state index contributed by atoms with van der Waals surface area (Å²) in [5, 5.41) is 11.2. The van der Waals surface area contributed by atoms with Gasteiger partial charge in [-0.05, 0) is 74.8 Å². The number of nitro benzene ring substituents is 1. The summed E-state index contributed by atoms with van der Waals surface area (Å²) in [6.45, 7) is 1.76. The summed E-state index contributed by atoms with van der Waals surface area (Å²) >= 11 is 0. The van der Waals surface area contributed by atoms with E-state index < -0.39 is 4.92 Å². The first kappa shape index (κ1) is 15.6. The van der Waals surface area contributed by atoms with Gasteiger partial charge in [-0.25, -0.2) is 0 Å². The van der Waals surface area contributed by atoms with E-state index in [1.165, 1.54) is 25.3 Å². The van der Waals surface area contributed by atoms with E-state index in [9.17, 15) is 14.9 Å². The molecule has 4 aliphatic rings. The first-order valence-corrected chi connectivity index (χ1v) is 8.86. The molecule has 1 aromatic rings. The van der Waals surface area contributed by atoms with Crippen LogP contribution in [0.1, 0.15) is 44.1 Å². The van der Waals surface area contributed by atoms with E-state index in [2.05, 4.69) is 0 Å². The van der Waals surface area contributed by atoms with Gasteiger partial charge in [0.25, 0.3) is 0 Å². The third kappa shape index (κ3) is 2.60. The number of hydrogen-bond donors (Lipinski definition) is 0. The first-order chi connectivity index (χ1) is 11.4. The highest BCUT2D eigenvalue weighted by atomic mass is 16.6. The maximum Gasteiger partial charge on any atom is 0.311 e. The molecule has 0 saturated heterocycles. The second-order valence-corrected chi connectivity index (χ2v) is 8.14. The van der Waals surface area contributed by atoms with Crippen LogP contribution in [-0.4, -0.2) is 17.3 Å². The van der Waals surface area contributed by atoms with E-state index >= 15 is 0 Å². The summed E-state index contributed by atoms with van der Waals surface area (Å²) in [5.41, 5.74) is 0.531. The molecule has 1 aromatic carbocycles. The van der Waals surface area contributed by atoms with Crippen LogP contribution < -0.4 is 4.74 Å². The lowest BCUT2D eigenvalue weighted by Gasteiger charge is -2.55. The highest BCUT2D eigenvalue weighted by Crippen LogP contribution is 2.60. The monoisotopic (exact) mass is 329 g/mol. The van der Waals surface area contributed by atoms with E-state index in [0.29, 0.717) is 17.8 Å². The van der Waals surface area contributed by atoms with Crippen LogP contribution in [0.2, 0.25) is 0 Å². The molecule has 4 aliphatic carbocycles. The zero-order valence-corrected chi connectivity index (χ0v) is 14.0. The normalized spacial score (nSPS) is 33.5. The molecule has 0 heterocycles. The number of Topliss-reactive ketones (excluding diaryl/α,β-unsaturated/α-hetero) is 1. The molecule has 4 bridgehead atoms. The minimum atomic E-state index is -0.447. The molecule has 0 radical (unpaired) electrons. The van der Waals surface area contributed by atoms with Gasteiger partial charge in [0.2, 0.25) is 0 Å². The predicted octanol–water partition coefficient (Wildman–Crippen LogP) is 4.07. The molecule has 0 aromatic heterocycles. The Bertz CT molecular complexity index is 661. The van der Waals surface area contributed by atoms with E-state index in [1.807, 2.05) is 0 Å². The van der Waals surface area contributed by atoms with Gasteiger partial charge < -0.3 is 4.74 Å². The number of carbonyl (C=O) groups excluding carboxylic acids is 1. The van der Waals surface area contributed by atoms with Gasteiger partial charge in [0.1, 0.15) is 6.61 Å². The largest absolute Gasteiger partial charge is 0.479 e. The van der Waals surface area contributed by atoms with Crippen molar-refractivity contribution in [2.24, 2.45) is 23.2 Å². The Balaban J connectivity index is 1.49. The minimum absolute atomic E-state index is 0.0456. The number of nitrogens with zero attached hydrogens (tertiary/aromatic N) is 1. The van der Waals surface area contributed by atoms with Crippen LogP contribution in [0.25, 0.3) is 0 Å². The fourth-order valence-corrected chi connectivity index (χ4v) is 5.64. The van der Waals surface area contributed by atoms with Crippen molar-refractivity contribution in [3.63, 3.8) is 0 Å². The average Bonchev–Trinajstić information content (AvgIpc) is 2.52. The molecule has 0 spiro atoms. The highest BCUT2D eigenvalue weighted by molar-refractivity contribution is 5.86. The van der Waals surface area contributed by atoms with Crippen LogP contribution in [0.5, 0.6) is 5.75 Å². The quantitative estimate of drug-likeness (QED) is 0.603. The van der Waals surface area contributed by atoms with Crippen LogP contribution in [0.4, 0.5) is 5.69 Å². The van der Waals surface area contributed by atoms with Crippen molar-refractivity contribution < 1.29 is 14.5 Å². The molecule has 5 rings (SSSR count). The van der Waals surface area contributed by atoms with Crippen LogP contribution in [0.15, 0.2) is 18.2 Å². The maximum absolute atomic E-state index is 12.9. The Hall–Kier alpha value is -1.91. The lowest BCUT2D eigenvalue weighted by atomic mass is 9.48. The molecular formula is C19H23NO4. The second kappa shape index (κ2) is 5.57. The first-order valence-electron chi connectivity index (χ1n) is 8.86. The van der Waals surface area contributed by atoms with Gasteiger partial charge in [-0.15, -0.1) is 0 Å². The van der Waals surface area contributed by atoms with Gasteiger partial charge in [-0.3, -0.25) is 14.9 Å². The third-order valence-electron chi connectivity index (χ3n) is 6.30. The number of carbonyl (C=O) groups is 1. The van der Waals surface area contributed by atoms with Gasteiger partial charge in [0.05, 0.1) is 4.92 Å². The fourth-order valence-electron chi connectivity index (χ4n) is 5.64. The Morgan fingerprint density at radius 2 is 1.79 bits per heavy atom. The van der Waals surface area contributed by atoms with Crippen molar-refractivity contribution in [1.29, 1.82) is 0 Å². The molecule has 24 heavy (non-hydrogen) atoms. The lowest BCUT2D eigenvalue weighted by molar-refractivity contribution is -0.385. The minimum Gasteiger partial charge on any atom is -0.479 e. The molecule has 4 fully saturated rings. The summed E-state index contributed by atoms with van der Waals surface area (Å²) < 4.78 is 5.61. The molecule has 5 nitrogen and oxygen atoms in total. The molecule has 128 valence electrons. The molecule has 0 amide bonds. The van der Waals surface area contributed by atoms with Gasteiger partial charge in [0, 0.05) is 11.5 Å². The fraction of sp³-hybridized carbons (Fsp3) is 0.632. The van der Waals surface area contributed by atoms with Gasteiger partial charge in [0.15, 0.2) is 11.5 Å². The summed E-state index contributed by atoms with van der Waals surface area (Å²) in [7, 11) is 0. The highest BCUT2D eigenvalue weighted by Gasteiger charge is 2.54. The number of hydrogen-bond acceptors (Lipinski definition) is 4. The SMILES string of the molecule is Cc1ccc(OCC(=O)C23CC4CC(CC(C4)C2)C3)c([N+](=O)[O-])c1. The molecule has 0 atom stereocenters. The zero-order valence-electron chi connectivity index (χ0n) is 14.0. The Morgan fingerprint density at radius 3 is 2.33 bits per heavy atom. The number of aryl methyl sites for hydroxylation is 1. The van der Waals surface area contributed by atoms with Crippen LogP contribution >= 0.6 is 0 Å². The Labute approximate surface area is 141 Å². The van der Waals surface area contributed by atoms with Crippen molar-refractivity contribution in [1.82, 2.24) is 0 Å². The van der Waals surface area contributed by atoms with E-state index in [1.54, 1.807) is 19.1 Å². The standard InChI is InChI=1S/C19H23NO4/c1-12-2-3-17(16(4-12)20(22)23)24-11-18(21)19-8-13-5-14(9-19)7-15(6-13)10-19/h2-4,13-15H,5-11H2,1H3. The number of ether oxygens (including phenoxy) is 1. The van der Waals surface area contributed by atoms with E-state index in [4.69, 9.17) is 4.74 Å². The van der Waals surface area contributed by atoms with E-state index in [0.717, 1.165) is 24.8 Å². The van der Waals surface area contributed by atoms with Crippen molar-refractivity contribution in [2.45, 2.75) is 45.4 Å². The van der Waals surface area contributed by atoms with Crippen molar-refractivity contribution in [2.75, 3.05) is 6.61 Å². The number of nitro groups is 1. The van der Waals surface area contributed by atoms with Crippen LogP contribution in [0.3, 0.4) is 0 Å². The molecule has 0 N–H and O–H groups in total. The molecule has 0 aliphatic heterocycles. The smallest absolute Gasteiger partial charge is 0.311 e. The van der Waals surface area contributed by atoms with Gasteiger partial charge in [-0.2, -0.15) is 0 Å². The van der Waals surface area contributed by atoms with Crippen molar-refractivity contribution in [3.8, 4) is 5.75 Å². The Morgan fingerprint density at radius 1 is 1.21 bits per heavy atom. The molecule has 4 saturated carbocycles. The maximum atomic E-state index is 12.9. The Kier molecular flexibility index (Phi) is 3.62. The number of ketones is 1. The topological polar surface area (TPSA) is 69.4 Å². The van der Waals surface area contributed by atoms with Gasteiger partial charge >= 0.3 is 5.69 Å². The van der Waals surface area contributed by atoms with Crippen LogP contribution in [0, 0.1) is 40.2 Å². The zero-order chi connectivity index (χ0) is 16.9. The van der Waals surface area contributed by atoms with E-state index in [-0.39, 0.29) is 29.2 Å². The van der Waals surface area contributed by atoms with Gasteiger partial charge in [-0.1, -0.05) is 6.07 Å². The molecule has 5 heteroatoms. The average molecular weight is 329 g/mol. The number of rotatable bonds is 5. The summed E-state index contributed by atoms with van der Waals surface area (Å²) in [5.74, 6) is 2.46. The molecular weight excluding hydrogens is 306 g/mol. The number of benzene rings is 1. The second-order valence-electron chi connectivity index (χ2n) is 8.14. The lowest BCUT2D eigenvalue weighted by Crippen LogP contribution is -2.51. The van der Waals surface area contributed by atoms with Crippen molar-refractivity contribution in [3.05, 3.63) is 33.9 Å². The third-order valence-corrected chi connectivity index (χ3v) is 6.30. The summed E-state index contributed by atoms with van der Waals surface area (Å²) in [4.78, 5) is 23.7. The summed E-state index contributed by atoms with van der Waals surface area (Å²) in [6.07, 6.45) is 6.86. The van der Waals surface area contributed by atoms with Crippen LogP contribution in [-0.2, 0) is 4.79 Å². The summed E-state index contributed by atoms with van der Waals surface area (Å²) in [6, 6.07) is 4.86. The van der Waals surface area contributed by atoms with Crippen molar-refractivity contribution >= 4 is 11.5 Å². The molecule has 0 unspecified atom stereocenters.